The minimum Gasteiger partial charge on any atom is -0.339 e. The van der Waals surface area contributed by atoms with Crippen molar-refractivity contribution in [2.24, 2.45) is 0 Å². The summed E-state index contributed by atoms with van der Waals surface area (Å²) in [5, 5.41) is 4.36. The van der Waals surface area contributed by atoms with Crippen LogP contribution in [0.2, 0.25) is 5.02 Å². The van der Waals surface area contributed by atoms with Gasteiger partial charge in [-0.15, -0.1) is 0 Å². The van der Waals surface area contributed by atoms with Gasteiger partial charge in [0.1, 0.15) is 5.82 Å². The fourth-order valence-electron chi connectivity index (χ4n) is 2.50. The Kier molecular flexibility index (Phi) is 3.88. The van der Waals surface area contributed by atoms with Crippen molar-refractivity contribution in [2.45, 2.75) is 38.5 Å². The Labute approximate surface area is 138 Å². The zero-order valence-electron chi connectivity index (χ0n) is 13.1. The van der Waals surface area contributed by atoms with Crippen LogP contribution in [0.5, 0.6) is 0 Å². The van der Waals surface area contributed by atoms with Crippen molar-refractivity contribution in [3.63, 3.8) is 0 Å². The molecule has 23 heavy (non-hydrogen) atoms. The molecule has 0 aliphatic carbocycles. The van der Waals surface area contributed by atoms with E-state index < -0.39 is 5.82 Å². The average Bonchev–Trinajstić information content (AvgIpc) is 3.07. The molecule has 1 aromatic carbocycles. The van der Waals surface area contributed by atoms with Gasteiger partial charge in [-0.2, -0.15) is 4.98 Å². The van der Waals surface area contributed by atoms with Gasteiger partial charge in [0.25, 0.3) is 0 Å². The Morgan fingerprint density at radius 1 is 1.39 bits per heavy atom. The van der Waals surface area contributed by atoms with E-state index in [0.29, 0.717) is 23.3 Å². The summed E-state index contributed by atoms with van der Waals surface area (Å²) in [4.78, 5) is 18.0. The van der Waals surface area contributed by atoms with Gasteiger partial charge in [0.15, 0.2) is 5.82 Å². The molecule has 1 aliphatic heterocycles. The highest BCUT2D eigenvalue weighted by atomic mass is 35.5. The molecule has 7 heteroatoms. The Hall–Kier alpha value is -1.95. The van der Waals surface area contributed by atoms with Gasteiger partial charge >= 0.3 is 0 Å². The van der Waals surface area contributed by atoms with Crippen molar-refractivity contribution in [2.75, 3.05) is 11.4 Å². The summed E-state index contributed by atoms with van der Waals surface area (Å²) in [5.74, 6) is 0.0843. The Morgan fingerprint density at radius 2 is 2.13 bits per heavy atom. The van der Waals surface area contributed by atoms with Gasteiger partial charge in [-0.25, -0.2) is 4.39 Å². The molecule has 0 spiro atoms. The molecule has 1 saturated heterocycles. The smallest absolute Gasteiger partial charge is 0.232 e. The predicted octanol–water partition coefficient (Wildman–Crippen LogP) is 3.68. The average molecular weight is 338 g/mol. The zero-order chi connectivity index (χ0) is 16.8. The van der Waals surface area contributed by atoms with Crippen molar-refractivity contribution in [3.8, 4) is 0 Å². The maximum absolute atomic E-state index is 14.0. The maximum atomic E-state index is 14.0. The standard InChI is InChI=1S/C16H17ClFN3O2/c1-16(2,3)15-19-14(23-20-15)9-6-13(22)21(8-9)12-7-10(17)4-5-11(12)18/h4-5,7,9H,6,8H2,1-3H3. The topological polar surface area (TPSA) is 59.2 Å². The van der Waals surface area contributed by atoms with Gasteiger partial charge < -0.3 is 9.42 Å². The van der Waals surface area contributed by atoms with E-state index in [4.69, 9.17) is 16.1 Å². The first-order valence-electron chi connectivity index (χ1n) is 7.35. The minimum absolute atomic E-state index is 0.181. The lowest BCUT2D eigenvalue weighted by Crippen LogP contribution is -2.25. The van der Waals surface area contributed by atoms with Crippen molar-refractivity contribution < 1.29 is 13.7 Å². The van der Waals surface area contributed by atoms with E-state index in [0.717, 1.165) is 0 Å². The zero-order valence-corrected chi connectivity index (χ0v) is 13.9. The molecule has 0 N–H and O–H groups in total. The number of carbonyl (C=O) groups is 1. The van der Waals surface area contributed by atoms with E-state index in [1.807, 2.05) is 20.8 Å². The van der Waals surface area contributed by atoms with Gasteiger partial charge in [-0.3, -0.25) is 4.79 Å². The molecule has 3 rings (SSSR count). The molecule has 1 fully saturated rings. The number of nitrogens with zero attached hydrogens (tertiary/aromatic N) is 3. The number of amides is 1. The fraction of sp³-hybridized carbons (Fsp3) is 0.438. The molecular weight excluding hydrogens is 321 g/mol. The van der Waals surface area contributed by atoms with Crippen LogP contribution in [0.3, 0.4) is 0 Å². The summed E-state index contributed by atoms with van der Waals surface area (Å²) >= 11 is 5.90. The molecule has 1 aliphatic rings. The Balaban J connectivity index is 1.85. The fourth-order valence-corrected chi connectivity index (χ4v) is 2.67. The number of aromatic nitrogens is 2. The van der Waals surface area contributed by atoms with Crippen molar-refractivity contribution >= 4 is 23.2 Å². The number of rotatable bonds is 2. The van der Waals surface area contributed by atoms with Crippen LogP contribution in [0.4, 0.5) is 10.1 Å². The van der Waals surface area contributed by atoms with Crippen LogP contribution < -0.4 is 4.90 Å². The summed E-state index contributed by atoms with van der Waals surface area (Å²) in [6.07, 6.45) is 0.206. The molecule has 2 heterocycles. The van der Waals surface area contributed by atoms with Crippen LogP contribution in [-0.2, 0) is 10.2 Å². The van der Waals surface area contributed by atoms with Gasteiger partial charge in [0.2, 0.25) is 11.8 Å². The quantitative estimate of drug-likeness (QED) is 0.838. The van der Waals surface area contributed by atoms with E-state index in [1.54, 1.807) is 0 Å². The number of benzene rings is 1. The molecule has 1 unspecified atom stereocenters. The van der Waals surface area contributed by atoms with Crippen molar-refractivity contribution in [1.29, 1.82) is 0 Å². The second-order valence-corrected chi connectivity index (χ2v) is 7.14. The third-order valence-corrected chi connectivity index (χ3v) is 4.02. The monoisotopic (exact) mass is 337 g/mol. The van der Waals surface area contributed by atoms with Gasteiger partial charge in [-0.05, 0) is 18.2 Å². The van der Waals surface area contributed by atoms with E-state index in [1.165, 1.54) is 23.1 Å². The van der Waals surface area contributed by atoms with Crippen LogP contribution in [-0.4, -0.2) is 22.6 Å². The maximum Gasteiger partial charge on any atom is 0.232 e. The van der Waals surface area contributed by atoms with Crippen LogP contribution >= 0.6 is 11.6 Å². The summed E-state index contributed by atoms with van der Waals surface area (Å²) in [7, 11) is 0. The first kappa shape index (κ1) is 15.9. The summed E-state index contributed by atoms with van der Waals surface area (Å²) in [5.41, 5.74) is -0.0519. The van der Waals surface area contributed by atoms with Crippen LogP contribution in [0.25, 0.3) is 0 Å². The van der Waals surface area contributed by atoms with Gasteiger partial charge in [-0.1, -0.05) is 37.5 Å². The predicted molar refractivity (Wildman–Crippen MR) is 84.1 cm³/mol. The highest BCUT2D eigenvalue weighted by Crippen LogP contribution is 2.34. The Morgan fingerprint density at radius 3 is 2.78 bits per heavy atom. The second kappa shape index (κ2) is 5.60. The lowest BCUT2D eigenvalue weighted by molar-refractivity contribution is -0.117. The second-order valence-electron chi connectivity index (χ2n) is 6.71. The largest absolute Gasteiger partial charge is 0.339 e. The molecule has 1 aromatic heterocycles. The summed E-state index contributed by atoms with van der Waals surface area (Å²) in [6.45, 7) is 6.24. The molecule has 0 radical (unpaired) electrons. The van der Waals surface area contributed by atoms with Crippen LogP contribution in [0.15, 0.2) is 22.7 Å². The number of halogens is 2. The van der Waals surface area contributed by atoms with Crippen molar-refractivity contribution in [1.82, 2.24) is 10.1 Å². The minimum atomic E-state index is -0.482. The highest BCUT2D eigenvalue weighted by molar-refractivity contribution is 6.31. The molecule has 1 amide bonds. The van der Waals surface area contributed by atoms with E-state index >= 15 is 0 Å². The molecular formula is C16H17ClFN3O2. The first-order chi connectivity index (χ1) is 10.8. The number of hydrogen-bond acceptors (Lipinski definition) is 4. The van der Waals surface area contributed by atoms with Crippen LogP contribution in [0.1, 0.15) is 44.8 Å². The molecule has 122 valence electrons. The number of carbonyl (C=O) groups excluding carboxylic acids is 1. The molecule has 0 bridgehead atoms. The Bertz CT molecular complexity index is 754. The van der Waals surface area contributed by atoms with E-state index in [9.17, 15) is 9.18 Å². The third kappa shape index (κ3) is 3.08. The lowest BCUT2D eigenvalue weighted by Gasteiger charge is -2.17. The van der Waals surface area contributed by atoms with Crippen LogP contribution in [0, 0.1) is 5.82 Å². The molecule has 1 atom stereocenters. The molecule has 2 aromatic rings. The van der Waals surface area contributed by atoms with E-state index in [2.05, 4.69) is 10.1 Å². The SMILES string of the molecule is CC(C)(C)c1noc(C2CC(=O)N(c3cc(Cl)ccc3F)C2)n1. The van der Waals surface area contributed by atoms with Gasteiger partial charge in [0.05, 0.1) is 11.6 Å². The van der Waals surface area contributed by atoms with Gasteiger partial charge in [0, 0.05) is 23.4 Å². The van der Waals surface area contributed by atoms with E-state index in [-0.39, 0.29) is 29.3 Å². The third-order valence-electron chi connectivity index (χ3n) is 3.79. The lowest BCUT2D eigenvalue weighted by atomic mass is 9.96. The van der Waals surface area contributed by atoms with Crippen molar-refractivity contribution in [3.05, 3.63) is 40.8 Å². The number of hydrogen-bond donors (Lipinski definition) is 0. The number of anilines is 1. The summed E-state index contributed by atoms with van der Waals surface area (Å²) in [6, 6.07) is 4.15. The normalized spacial score (nSPS) is 18.7. The summed E-state index contributed by atoms with van der Waals surface area (Å²) < 4.78 is 19.3. The molecule has 0 saturated carbocycles. The molecule has 5 nitrogen and oxygen atoms in total. The first-order valence-corrected chi connectivity index (χ1v) is 7.73. The highest BCUT2D eigenvalue weighted by Gasteiger charge is 2.37.